The molecule has 0 bridgehead atoms. The van der Waals surface area contributed by atoms with E-state index in [9.17, 15) is 13.2 Å². The minimum absolute atomic E-state index is 0.0320. The van der Waals surface area contributed by atoms with E-state index in [1.54, 1.807) is 4.90 Å². The molecule has 2 fully saturated rings. The van der Waals surface area contributed by atoms with Crippen molar-refractivity contribution in [3.63, 3.8) is 0 Å². The largest absolute Gasteiger partial charge is 0.487 e. The van der Waals surface area contributed by atoms with Gasteiger partial charge in [0.2, 0.25) is 15.9 Å². The maximum atomic E-state index is 12.6. The first-order chi connectivity index (χ1) is 12.7. The van der Waals surface area contributed by atoms with Gasteiger partial charge in [0.15, 0.2) is 0 Å². The molecule has 0 aliphatic carbocycles. The van der Waals surface area contributed by atoms with Gasteiger partial charge in [-0.15, -0.1) is 0 Å². The Morgan fingerprint density at radius 1 is 1.33 bits per heavy atom. The minimum atomic E-state index is -3.40. The number of ether oxygens (including phenoxy) is 2. The maximum Gasteiger partial charge on any atom is 0.237 e. The maximum absolute atomic E-state index is 12.6. The lowest BCUT2D eigenvalue weighted by Crippen LogP contribution is -2.55. The topological polar surface area (TPSA) is 84.9 Å². The predicted molar refractivity (Wildman–Crippen MR) is 99.8 cm³/mol. The molecular weight excluding hydrogens is 368 g/mol. The molecule has 1 amide bonds. The van der Waals surface area contributed by atoms with Crippen molar-refractivity contribution in [1.82, 2.24) is 9.62 Å². The van der Waals surface area contributed by atoms with E-state index in [0.717, 1.165) is 30.4 Å². The molecule has 1 aromatic carbocycles. The number of amides is 1. The van der Waals surface area contributed by atoms with Gasteiger partial charge in [-0.25, -0.2) is 13.1 Å². The number of likely N-dealkylation sites (tertiary alicyclic amines) is 1. The van der Waals surface area contributed by atoms with E-state index in [2.05, 4.69) is 24.6 Å². The summed E-state index contributed by atoms with van der Waals surface area (Å²) in [6, 6.07) is 7.94. The standard InChI is InChI=1S/C19H26N2O5S/c1-19(2)13-10-14-16(8-9-21(14)17(22)11-20-27(3,23)24)25-18(13)12-6-4-5-7-15(12)26-19/h4-7,13-14,16,18,20H,8-11H2,1-3H3/t13-,14-,16-,18+/m1/s1. The van der Waals surface area contributed by atoms with Crippen LogP contribution in [0.15, 0.2) is 24.3 Å². The monoisotopic (exact) mass is 394 g/mol. The van der Waals surface area contributed by atoms with Gasteiger partial charge in [-0.3, -0.25) is 4.79 Å². The fraction of sp³-hybridized carbons (Fsp3) is 0.632. The summed E-state index contributed by atoms with van der Waals surface area (Å²) in [5, 5.41) is 0. The van der Waals surface area contributed by atoms with Crippen molar-refractivity contribution in [3.05, 3.63) is 29.8 Å². The average molecular weight is 394 g/mol. The van der Waals surface area contributed by atoms with Crippen molar-refractivity contribution >= 4 is 15.9 Å². The molecule has 0 radical (unpaired) electrons. The van der Waals surface area contributed by atoms with Crippen LogP contribution in [0.5, 0.6) is 5.75 Å². The zero-order valence-corrected chi connectivity index (χ0v) is 16.7. The highest BCUT2D eigenvalue weighted by atomic mass is 32.2. The quantitative estimate of drug-likeness (QED) is 0.839. The summed E-state index contributed by atoms with van der Waals surface area (Å²) in [6.45, 7) is 4.51. The number of nitrogens with zero attached hydrogens (tertiary/aromatic N) is 1. The van der Waals surface area contributed by atoms with Crippen LogP contribution in [0.1, 0.15) is 38.4 Å². The summed E-state index contributed by atoms with van der Waals surface area (Å²) < 4.78 is 37.6. The van der Waals surface area contributed by atoms with Crippen LogP contribution >= 0.6 is 0 Å². The van der Waals surface area contributed by atoms with Gasteiger partial charge in [0, 0.05) is 18.0 Å². The molecule has 4 rings (SSSR count). The number of rotatable bonds is 3. The van der Waals surface area contributed by atoms with E-state index >= 15 is 0 Å². The number of para-hydroxylation sites is 1. The number of hydrogen-bond donors (Lipinski definition) is 1. The number of benzene rings is 1. The Hall–Kier alpha value is -1.64. The van der Waals surface area contributed by atoms with Gasteiger partial charge < -0.3 is 14.4 Å². The van der Waals surface area contributed by atoms with Crippen LogP contribution in [0.2, 0.25) is 0 Å². The van der Waals surface area contributed by atoms with Crippen molar-refractivity contribution in [2.24, 2.45) is 5.92 Å². The second-order valence-electron chi connectivity index (χ2n) is 8.22. The van der Waals surface area contributed by atoms with Crippen molar-refractivity contribution in [2.45, 2.75) is 50.5 Å². The van der Waals surface area contributed by atoms with Crippen LogP contribution in [0, 0.1) is 5.92 Å². The summed E-state index contributed by atoms with van der Waals surface area (Å²) in [5.74, 6) is 0.778. The Labute approximate surface area is 160 Å². The van der Waals surface area contributed by atoms with Crippen molar-refractivity contribution in [3.8, 4) is 5.75 Å². The van der Waals surface area contributed by atoms with Gasteiger partial charge in [-0.05, 0) is 32.8 Å². The zero-order valence-electron chi connectivity index (χ0n) is 15.8. The molecule has 3 aliphatic heterocycles. The number of fused-ring (bicyclic) bond motifs is 4. The van der Waals surface area contributed by atoms with E-state index in [1.165, 1.54) is 0 Å². The molecule has 3 heterocycles. The highest BCUT2D eigenvalue weighted by Crippen LogP contribution is 2.52. The number of hydrogen-bond acceptors (Lipinski definition) is 5. The van der Waals surface area contributed by atoms with Crippen molar-refractivity contribution in [2.75, 3.05) is 19.3 Å². The molecule has 7 nitrogen and oxygen atoms in total. The average Bonchev–Trinajstić information content (AvgIpc) is 3.00. The minimum Gasteiger partial charge on any atom is -0.487 e. The summed E-state index contributed by atoms with van der Waals surface area (Å²) in [6.07, 6.45) is 2.52. The fourth-order valence-electron chi connectivity index (χ4n) is 4.64. The van der Waals surface area contributed by atoms with E-state index in [4.69, 9.17) is 9.47 Å². The molecule has 0 aromatic heterocycles. The molecule has 0 saturated carbocycles. The van der Waals surface area contributed by atoms with Gasteiger partial charge in [0.05, 0.1) is 31.1 Å². The van der Waals surface area contributed by atoms with Crippen molar-refractivity contribution < 1.29 is 22.7 Å². The predicted octanol–water partition coefficient (Wildman–Crippen LogP) is 1.45. The van der Waals surface area contributed by atoms with E-state index in [-0.39, 0.29) is 36.6 Å². The van der Waals surface area contributed by atoms with E-state index in [0.29, 0.717) is 6.54 Å². The van der Waals surface area contributed by atoms with Gasteiger partial charge in [0.25, 0.3) is 0 Å². The Kier molecular flexibility index (Phi) is 4.48. The SMILES string of the molecule is CC1(C)Oc2ccccc2[C@@H]2O[C@@H]3CCN(C(=O)CNS(C)(=O)=O)[C@@H]3C[C@H]21. The molecule has 0 spiro atoms. The molecule has 27 heavy (non-hydrogen) atoms. The molecule has 1 N–H and O–H groups in total. The highest BCUT2D eigenvalue weighted by Gasteiger charge is 2.53. The van der Waals surface area contributed by atoms with E-state index in [1.807, 2.05) is 18.2 Å². The van der Waals surface area contributed by atoms with Crippen LogP contribution in [0.3, 0.4) is 0 Å². The van der Waals surface area contributed by atoms with Crippen LogP contribution in [-0.4, -0.2) is 56.3 Å². The molecule has 148 valence electrons. The normalized spacial score (nSPS) is 31.4. The van der Waals surface area contributed by atoms with Crippen LogP contribution < -0.4 is 9.46 Å². The Morgan fingerprint density at radius 3 is 2.81 bits per heavy atom. The van der Waals surface area contributed by atoms with Gasteiger partial charge >= 0.3 is 0 Å². The Bertz CT molecular complexity index is 853. The van der Waals surface area contributed by atoms with Crippen molar-refractivity contribution in [1.29, 1.82) is 0 Å². The molecular formula is C19H26N2O5S. The van der Waals surface area contributed by atoms with Gasteiger partial charge in [0.1, 0.15) is 11.4 Å². The third-order valence-corrected chi connectivity index (χ3v) is 6.63. The summed E-state index contributed by atoms with van der Waals surface area (Å²) in [7, 11) is -3.40. The first-order valence-corrected chi connectivity index (χ1v) is 11.2. The lowest BCUT2D eigenvalue weighted by molar-refractivity contribution is -0.167. The molecule has 0 unspecified atom stereocenters. The molecule has 1 aromatic rings. The van der Waals surface area contributed by atoms with Crippen LogP contribution in [0.25, 0.3) is 0 Å². The second-order valence-corrected chi connectivity index (χ2v) is 10.1. The third-order valence-electron chi connectivity index (χ3n) is 5.96. The molecule has 3 aliphatic rings. The molecule has 4 atom stereocenters. The lowest BCUT2D eigenvalue weighted by Gasteiger charge is -2.50. The van der Waals surface area contributed by atoms with E-state index < -0.39 is 15.6 Å². The lowest BCUT2D eigenvalue weighted by atomic mass is 9.74. The highest BCUT2D eigenvalue weighted by molar-refractivity contribution is 7.88. The fourth-order valence-corrected chi connectivity index (χ4v) is 5.03. The van der Waals surface area contributed by atoms with Crippen LogP contribution in [0.4, 0.5) is 0 Å². The smallest absolute Gasteiger partial charge is 0.237 e. The summed E-state index contributed by atoms with van der Waals surface area (Å²) in [4.78, 5) is 14.4. The zero-order chi connectivity index (χ0) is 19.4. The van der Waals surface area contributed by atoms with Crippen LogP contribution in [-0.2, 0) is 19.6 Å². The van der Waals surface area contributed by atoms with Gasteiger partial charge in [-0.2, -0.15) is 0 Å². The summed E-state index contributed by atoms with van der Waals surface area (Å²) >= 11 is 0. The summed E-state index contributed by atoms with van der Waals surface area (Å²) in [5.41, 5.74) is 0.663. The van der Waals surface area contributed by atoms with Gasteiger partial charge in [-0.1, -0.05) is 18.2 Å². The second kappa shape index (κ2) is 6.46. The number of carbonyl (C=O) groups excluding carboxylic acids is 1. The Morgan fingerprint density at radius 2 is 2.07 bits per heavy atom. The number of sulfonamides is 1. The first kappa shape index (κ1) is 18.7. The number of nitrogens with one attached hydrogen (secondary N) is 1. The Balaban J connectivity index is 1.56. The first-order valence-electron chi connectivity index (χ1n) is 9.33. The third kappa shape index (κ3) is 3.46. The number of carbonyl (C=O) groups is 1. The molecule has 2 saturated heterocycles. The molecule has 8 heteroatoms.